The highest BCUT2D eigenvalue weighted by atomic mass is 32.2. The van der Waals surface area contributed by atoms with Crippen molar-refractivity contribution < 1.29 is 13.5 Å². The summed E-state index contributed by atoms with van der Waals surface area (Å²) in [7, 11) is -3.35. The maximum Gasteiger partial charge on any atom is 0.279 e. The Kier molecular flexibility index (Phi) is 3.66. The molecule has 1 rings (SSSR count). The van der Waals surface area contributed by atoms with Crippen molar-refractivity contribution in [2.75, 3.05) is 19.7 Å². The van der Waals surface area contributed by atoms with Gasteiger partial charge in [0.2, 0.25) is 0 Å². The first-order chi connectivity index (χ1) is 6.06. The van der Waals surface area contributed by atoms with Crippen molar-refractivity contribution in [3.8, 4) is 0 Å². The van der Waals surface area contributed by atoms with Gasteiger partial charge in [-0.2, -0.15) is 17.4 Å². The molecule has 0 spiro atoms. The first kappa shape index (κ1) is 10.9. The van der Waals surface area contributed by atoms with Crippen LogP contribution in [0.1, 0.15) is 19.8 Å². The normalized spacial score (nSPS) is 22.0. The van der Waals surface area contributed by atoms with E-state index in [1.54, 1.807) is 6.92 Å². The molecule has 0 aromatic rings. The van der Waals surface area contributed by atoms with Gasteiger partial charge in [-0.25, -0.2) is 0 Å². The highest BCUT2D eigenvalue weighted by Gasteiger charge is 2.25. The van der Waals surface area contributed by atoms with E-state index in [0.717, 1.165) is 12.8 Å². The second-order valence-electron chi connectivity index (χ2n) is 3.31. The number of aliphatic hydroxyl groups excluding tert-OH is 1. The average Bonchev–Trinajstić information content (AvgIpc) is 2.55. The van der Waals surface area contributed by atoms with E-state index >= 15 is 0 Å². The number of rotatable bonds is 4. The number of nitrogens with one attached hydrogen (secondary N) is 1. The topological polar surface area (TPSA) is 69.6 Å². The lowest BCUT2D eigenvalue weighted by atomic mass is 10.4. The van der Waals surface area contributed by atoms with Crippen LogP contribution in [-0.2, 0) is 10.2 Å². The van der Waals surface area contributed by atoms with Crippen LogP contribution in [0.15, 0.2) is 0 Å². The van der Waals surface area contributed by atoms with E-state index in [1.807, 2.05) is 0 Å². The molecular formula is C7H16N2O3S. The molecule has 0 saturated carbocycles. The Balaban J connectivity index is 2.54. The molecule has 1 fully saturated rings. The molecule has 1 heterocycles. The average molecular weight is 208 g/mol. The predicted octanol–water partition coefficient (Wildman–Crippen LogP) is -0.703. The Morgan fingerprint density at radius 3 is 2.46 bits per heavy atom. The largest absolute Gasteiger partial charge is 0.395 e. The summed E-state index contributed by atoms with van der Waals surface area (Å²) in [5.41, 5.74) is 0. The quantitative estimate of drug-likeness (QED) is 0.641. The molecule has 1 aliphatic rings. The minimum Gasteiger partial charge on any atom is -0.395 e. The molecule has 1 atom stereocenters. The van der Waals surface area contributed by atoms with Crippen molar-refractivity contribution >= 4 is 10.2 Å². The van der Waals surface area contributed by atoms with Gasteiger partial charge >= 0.3 is 0 Å². The van der Waals surface area contributed by atoms with Crippen LogP contribution in [-0.4, -0.2) is 43.6 Å². The first-order valence-electron chi connectivity index (χ1n) is 4.44. The fourth-order valence-corrected chi connectivity index (χ4v) is 2.77. The van der Waals surface area contributed by atoms with Crippen LogP contribution in [0, 0.1) is 0 Å². The van der Waals surface area contributed by atoms with Crippen molar-refractivity contribution in [1.29, 1.82) is 0 Å². The third kappa shape index (κ3) is 2.91. The van der Waals surface area contributed by atoms with Gasteiger partial charge < -0.3 is 5.11 Å². The zero-order chi connectivity index (χ0) is 9.90. The van der Waals surface area contributed by atoms with Gasteiger partial charge in [0.05, 0.1) is 6.61 Å². The van der Waals surface area contributed by atoms with E-state index in [2.05, 4.69) is 4.72 Å². The van der Waals surface area contributed by atoms with E-state index < -0.39 is 16.3 Å². The van der Waals surface area contributed by atoms with Gasteiger partial charge in [0.1, 0.15) is 0 Å². The molecule has 13 heavy (non-hydrogen) atoms. The second kappa shape index (κ2) is 4.36. The Morgan fingerprint density at radius 1 is 1.46 bits per heavy atom. The number of hydrogen-bond donors (Lipinski definition) is 2. The van der Waals surface area contributed by atoms with E-state index in [9.17, 15) is 8.42 Å². The van der Waals surface area contributed by atoms with Gasteiger partial charge in [-0.05, 0) is 19.8 Å². The van der Waals surface area contributed by atoms with Crippen molar-refractivity contribution in [3.05, 3.63) is 0 Å². The summed E-state index contributed by atoms with van der Waals surface area (Å²) in [6, 6.07) is -0.411. The van der Waals surface area contributed by atoms with Crippen molar-refractivity contribution in [2.45, 2.75) is 25.8 Å². The minimum absolute atomic E-state index is 0.174. The summed E-state index contributed by atoms with van der Waals surface area (Å²) < 4.78 is 26.8. The van der Waals surface area contributed by atoms with Crippen molar-refractivity contribution in [3.63, 3.8) is 0 Å². The van der Waals surface area contributed by atoms with Crippen LogP contribution in [0.25, 0.3) is 0 Å². The summed E-state index contributed by atoms with van der Waals surface area (Å²) in [5, 5.41) is 8.70. The van der Waals surface area contributed by atoms with Crippen LogP contribution < -0.4 is 4.72 Å². The molecule has 0 aromatic carbocycles. The summed E-state index contributed by atoms with van der Waals surface area (Å²) in [5.74, 6) is 0. The van der Waals surface area contributed by atoms with Crippen LogP contribution in [0.3, 0.4) is 0 Å². The molecule has 1 unspecified atom stereocenters. The Labute approximate surface area is 78.9 Å². The molecule has 6 heteroatoms. The summed E-state index contributed by atoms with van der Waals surface area (Å²) in [6.45, 7) is 2.64. The molecule has 78 valence electrons. The van der Waals surface area contributed by atoms with Crippen LogP contribution >= 0.6 is 0 Å². The fourth-order valence-electron chi connectivity index (χ4n) is 1.29. The molecule has 2 N–H and O–H groups in total. The number of hydrogen-bond acceptors (Lipinski definition) is 3. The lowest BCUT2D eigenvalue weighted by molar-refractivity contribution is 0.263. The monoisotopic (exact) mass is 208 g/mol. The van der Waals surface area contributed by atoms with Gasteiger partial charge in [-0.3, -0.25) is 0 Å². The summed E-state index contributed by atoms with van der Waals surface area (Å²) >= 11 is 0. The molecule has 0 aliphatic carbocycles. The van der Waals surface area contributed by atoms with Gasteiger partial charge in [0.15, 0.2) is 0 Å². The highest BCUT2D eigenvalue weighted by Crippen LogP contribution is 2.11. The Morgan fingerprint density at radius 2 is 2.00 bits per heavy atom. The van der Waals surface area contributed by atoms with Crippen LogP contribution in [0.4, 0.5) is 0 Å². The van der Waals surface area contributed by atoms with Crippen LogP contribution in [0.5, 0.6) is 0 Å². The molecule has 1 saturated heterocycles. The lowest BCUT2D eigenvalue weighted by Crippen LogP contribution is -2.44. The fraction of sp³-hybridized carbons (Fsp3) is 1.00. The second-order valence-corrected chi connectivity index (χ2v) is 5.01. The predicted molar refractivity (Wildman–Crippen MR) is 49.4 cm³/mol. The van der Waals surface area contributed by atoms with Crippen LogP contribution in [0.2, 0.25) is 0 Å². The maximum absolute atomic E-state index is 11.5. The third-order valence-corrected chi connectivity index (χ3v) is 3.77. The smallest absolute Gasteiger partial charge is 0.279 e. The third-order valence-electron chi connectivity index (χ3n) is 2.03. The molecule has 0 radical (unpaired) electrons. The molecule has 5 nitrogen and oxygen atoms in total. The SMILES string of the molecule is CC(CO)NS(=O)(=O)N1CCCC1. The lowest BCUT2D eigenvalue weighted by Gasteiger charge is -2.18. The molecule has 0 amide bonds. The van der Waals surface area contributed by atoms with E-state index in [1.165, 1.54) is 4.31 Å². The van der Waals surface area contributed by atoms with Gasteiger partial charge in [-0.1, -0.05) is 0 Å². The number of aliphatic hydroxyl groups is 1. The van der Waals surface area contributed by atoms with Gasteiger partial charge in [0.25, 0.3) is 10.2 Å². The summed E-state index contributed by atoms with van der Waals surface area (Å²) in [4.78, 5) is 0. The standard InChI is InChI=1S/C7H16N2O3S/c1-7(6-10)8-13(11,12)9-4-2-3-5-9/h7-8,10H,2-6H2,1H3. The van der Waals surface area contributed by atoms with Gasteiger partial charge in [0, 0.05) is 19.1 Å². The van der Waals surface area contributed by atoms with E-state index in [0.29, 0.717) is 13.1 Å². The van der Waals surface area contributed by atoms with Gasteiger partial charge in [-0.15, -0.1) is 0 Å². The van der Waals surface area contributed by atoms with E-state index in [4.69, 9.17) is 5.11 Å². The zero-order valence-corrected chi connectivity index (χ0v) is 8.55. The zero-order valence-electron chi connectivity index (χ0n) is 7.73. The Bertz CT molecular complexity index is 246. The number of nitrogens with zero attached hydrogens (tertiary/aromatic N) is 1. The Hall–Kier alpha value is -0.170. The minimum atomic E-state index is -3.35. The molecule has 0 aromatic heterocycles. The van der Waals surface area contributed by atoms with Crippen molar-refractivity contribution in [2.24, 2.45) is 0 Å². The summed E-state index contributed by atoms with van der Waals surface area (Å²) in [6.07, 6.45) is 1.85. The molecular weight excluding hydrogens is 192 g/mol. The molecule has 0 bridgehead atoms. The maximum atomic E-state index is 11.5. The van der Waals surface area contributed by atoms with Crippen molar-refractivity contribution in [1.82, 2.24) is 9.03 Å². The highest BCUT2D eigenvalue weighted by molar-refractivity contribution is 7.87. The first-order valence-corrected chi connectivity index (χ1v) is 5.88. The molecule has 1 aliphatic heterocycles. The van der Waals surface area contributed by atoms with E-state index in [-0.39, 0.29) is 6.61 Å².